The first kappa shape index (κ1) is 6.68. The number of hydrogen-bond donors (Lipinski definition) is 2. The van der Waals surface area contributed by atoms with Crippen LogP contribution < -0.4 is 0 Å². The first-order valence-corrected chi connectivity index (χ1v) is 4.13. The van der Waals surface area contributed by atoms with Gasteiger partial charge in [-0.05, 0) is 30.5 Å². The molecule has 0 radical (unpaired) electrons. The smallest absolute Gasteiger partial charge is 0.427 e. The maximum absolute atomic E-state index is 8.93. The zero-order chi connectivity index (χ0) is 7.14. The predicted octanol–water partition coefficient (Wildman–Crippen LogP) is 0.649. The molecule has 2 aliphatic rings. The van der Waals surface area contributed by atoms with E-state index in [1.54, 1.807) is 0 Å². The van der Waals surface area contributed by atoms with Crippen molar-refractivity contribution in [2.75, 3.05) is 0 Å². The highest BCUT2D eigenvalue weighted by Crippen LogP contribution is 2.51. The summed E-state index contributed by atoms with van der Waals surface area (Å²) in [7, 11) is -1.05. The normalized spacial score (nSPS) is 44.4. The molecule has 2 saturated carbocycles. The molecule has 0 amide bonds. The SMILES string of the molecule is OB(O)[C@@H]1C[C@H]2CC[C@@H]1C2. The van der Waals surface area contributed by atoms with Gasteiger partial charge >= 0.3 is 7.12 Å². The quantitative estimate of drug-likeness (QED) is 0.525. The van der Waals surface area contributed by atoms with Crippen LogP contribution in [0.3, 0.4) is 0 Å². The van der Waals surface area contributed by atoms with Crippen LogP contribution in [-0.4, -0.2) is 17.2 Å². The lowest BCUT2D eigenvalue weighted by molar-refractivity contribution is 0.342. The molecular formula is C7H13BO2. The van der Waals surface area contributed by atoms with Gasteiger partial charge in [0.1, 0.15) is 0 Å². The van der Waals surface area contributed by atoms with Gasteiger partial charge < -0.3 is 10.0 Å². The summed E-state index contributed by atoms with van der Waals surface area (Å²) in [5, 5.41) is 17.9. The van der Waals surface area contributed by atoms with Crippen molar-refractivity contribution in [1.29, 1.82) is 0 Å². The molecule has 2 nitrogen and oxygen atoms in total. The molecule has 3 atom stereocenters. The molecule has 0 aromatic rings. The summed E-state index contributed by atoms with van der Waals surface area (Å²) in [6, 6.07) is 0. The van der Waals surface area contributed by atoms with Crippen molar-refractivity contribution in [3.8, 4) is 0 Å². The van der Waals surface area contributed by atoms with Crippen molar-refractivity contribution in [1.82, 2.24) is 0 Å². The minimum Gasteiger partial charge on any atom is -0.427 e. The molecule has 0 aliphatic heterocycles. The van der Waals surface area contributed by atoms with Crippen molar-refractivity contribution in [3.05, 3.63) is 0 Å². The van der Waals surface area contributed by atoms with Gasteiger partial charge in [-0.25, -0.2) is 0 Å². The van der Waals surface area contributed by atoms with E-state index in [0.717, 1.165) is 12.3 Å². The fraction of sp³-hybridized carbons (Fsp3) is 1.00. The summed E-state index contributed by atoms with van der Waals surface area (Å²) in [4.78, 5) is 0. The highest BCUT2D eigenvalue weighted by molar-refractivity contribution is 6.43. The fourth-order valence-electron chi connectivity index (χ4n) is 2.66. The zero-order valence-corrected chi connectivity index (χ0v) is 6.03. The first-order chi connectivity index (χ1) is 4.77. The summed E-state index contributed by atoms with van der Waals surface area (Å²) in [5.74, 6) is 1.65. The molecule has 0 aromatic heterocycles. The average Bonchev–Trinajstić information content (AvgIpc) is 2.44. The molecule has 0 spiro atoms. The minimum absolute atomic E-state index is 0.207. The Bertz CT molecular complexity index is 138. The molecule has 3 heteroatoms. The molecular weight excluding hydrogens is 127 g/mol. The van der Waals surface area contributed by atoms with Gasteiger partial charge in [0.05, 0.1) is 0 Å². The lowest BCUT2D eigenvalue weighted by Crippen LogP contribution is -2.24. The summed E-state index contributed by atoms with van der Waals surface area (Å²) in [6.07, 6.45) is 4.87. The van der Waals surface area contributed by atoms with Crippen molar-refractivity contribution >= 4 is 7.12 Å². The Morgan fingerprint density at radius 3 is 2.20 bits per heavy atom. The van der Waals surface area contributed by atoms with Gasteiger partial charge in [0.15, 0.2) is 0 Å². The van der Waals surface area contributed by atoms with E-state index in [-0.39, 0.29) is 5.82 Å². The Labute approximate surface area is 61.4 Å². The third-order valence-corrected chi connectivity index (χ3v) is 3.18. The third kappa shape index (κ3) is 0.885. The number of hydrogen-bond acceptors (Lipinski definition) is 2. The van der Waals surface area contributed by atoms with Crippen LogP contribution in [-0.2, 0) is 0 Å². The van der Waals surface area contributed by atoms with E-state index < -0.39 is 7.12 Å². The topological polar surface area (TPSA) is 40.5 Å². The molecule has 56 valence electrons. The Hall–Kier alpha value is -0.0151. The van der Waals surface area contributed by atoms with Crippen LogP contribution in [0.25, 0.3) is 0 Å². The van der Waals surface area contributed by atoms with Crippen LogP contribution in [0.2, 0.25) is 5.82 Å². The lowest BCUT2D eigenvalue weighted by atomic mass is 9.64. The minimum atomic E-state index is -1.05. The summed E-state index contributed by atoms with van der Waals surface area (Å²) >= 11 is 0. The second kappa shape index (κ2) is 2.24. The Morgan fingerprint density at radius 2 is 1.90 bits per heavy atom. The van der Waals surface area contributed by atoms with Gasteiger partial charge in [-0.1, -0.05) is 12.8 Å². The van der Waals surface area contributed by atoms with Crippen LogP contribution in [0.4, 0.5) is 0 Å². The highest BCUT2D eigenvalue weighted by Gasteiger charge is 2.44. The van der Waals surface area contributed by atoms with Crippen LogP contribution >= 0.6 is 0 Å². The molecule has 2 fully saturated rings. The lowest BCUT2D eigenvalue weighted by Gasteiger charge is -2.19. The van der Waals surface area contributed by atoms with E-state index in [1.165, 1.54) is 19.3 Å². The molecule has 2 N–H and O–H groups in total. The van der Waals surface area contributed by atoms with Gasteiger partial charge in [-0.2, -0.15) is 0 Å². The first-order valence-electron chi connectivity index (χ1n) is 4.13. The van der Waals surface area contributed by atoms with E-state index in [1.807, 2.05) is 0 Å². The number of rotatable bonds is 1. The van der Waals surface area contributed by atoms with Gasteiger partial charge in [0, 0.05) is 0 Å². The van der Waals surface area contributed by atoms with Gasteiger partial charge in [-0.3, -0.25) is 0 Å². The molecule has 0 heterocycles. The molecule has 2 rings (SSSR count). The second-order valence-electron chi connectivity index (χ2n) is 3.75. The predicted molar refractivity (Wildman–Crippen MR) is 39.4 cm³/mol. The van der Waals surface area contributed by atoms with Crippen LogP contribution in [0, 0.1) is 11.8 Å². The Kier molecular flexibility index (Phi) is 1.50. The standard InChI is InChI=1S/C7H13BO2/c9-8(10)7-4-5-1-2-6(7)3-5/h5-7,9-10H,1-4H2/t5-,6+,7+/m0/s1. The monoisotopic (exact) mass is 140 g/mol. The number of fused-ring (bicyclic) bond motifs is 2. The molecule has 0 saturated heterocycles. The molecule has 10 heavy (non-hydrogen) atoms. The van der Waals surface area contributed by atoms with Crippen LogP contribution in [0.1, 0.15) is 25.7 Å². The van der Waals surface area contributed by atoms with E-state index >= 15 is 0 Å². The summed E-state index contributed by atoms with van der Waals surface area (Å²) < 4.78 is 0. The Balaban J connectivity index is 2.02. The third-order valence-electron chi connectivity index (χ3n) is 3.18. The van der Waals surface area contributed by atoms with Crippen molar-refractivity contribution in [3.63, 3.8) is 0 Å². The highest BCUT2D eigenvalue weighted by atomic mass is 16.4. The molecule has 2 bridgehead atoms. The Morgan fingerprint density at radius 1 is 1.10 bits per heavy atom. The van der Waals surface area contributed by atoms with Crippen molar-refractivity contribution in [2.45, 2.75) is 31.5 Å². The maximum Gasteiger partial charge on any atom is 0.455 e. The van der Waals surface area contributed by atoms with Gasteiger partial charge in [0.25, 0.3) is 0 Å². The molecule has 0 unspecified atom stereocenters. The average molecular weight is 140 g/mol. The summed E-state index contributed by atoms with van der Waals surface area (Å²) in [6.45, 7) is 0. The van der Waals surface area contributed by atoms with Crippen molar-refractivity contribution in [2.24, 2.45) is 11.8 Å². The van der Waals surface area contributed by atoms with Crippen LogP contribution in [0.15, 0.2) is 0 Å². The van der Waals surface area contributed by atoms with Crippen molar-refractivity contribution < 1.29 is 10.0 Å². The second-order valence-corrected chi connectivity index (χ2v) is 3.75. The maximum atomic E-state index is 8.93. The van der Waals surface area contributed by atoms with Crippen LogP contribution in [0.5, 0.6) is 0 Å². The summed E-state index contributed by atoms with van der Waals surface area (Å²) in [5.41, 5.74) is 0. The largest absolute Gasteiger partial charge is 0.455 e. The van der Waals surface area contributed by atoms with E-state index in [4.69, 9.17) is 10.0 Å². The zero-order valence-electron chi connectivity index (χ0n) is 6.03. The van der Waals surface area contributed by atoms with E-state index in [9.17, 15) is 0 Å². The van der Waals surface area contributed by atoms with Gasteiger partial charge in [0.2, 0.25) is 0 Å². The van der Waals surface area contributed by atoms with Gasteiger partial charge in [-0.15, -0.1) is 0 Å². The molecule has 2 aliphatic carbocycles. The fourth-order valence-corrected chi connectivity index (χ4v) is 2.66. The van der Waals surface area contributed by atoms with E-state index in [0.29, 0.717) is 5.92 Å². The molecule has 0 aromatic carbocycles. The van der Waals surface area contributed by atoms with E-state index in [2.05, 4.69) is 0 Å².